The zero-order valence-electron chi connectivity index (χ0n) is 14.5. The summed E-state index contributed by atoms with van der Waals surface area (Å²) in [5.41, 5.74) is 1.25. The number of nitrogens with one attached hydrogen (secondary N) is 1. The Morgan fingerprint density at radius 1 is 1.00 bits per heavy atom. The number of benzene rings is 3. The number of amides is 2. The fourth-order valence-electron chi connectivity index (χ4n) is 2.97. The van der Waals surface area contributed by atoms with Gasteiger partial charge in [-0.3, -0.25) is 19.5 Å². The third kappa shape index (κ3) is 3.58. The first-order chi connectivity index (χ1) is 13.5. The molecule has 138 valence electrons. The Labute approximate surface area is 175 Å². The minimum absolute atomic E-state index is 0.0627. The Morgan fingerprint density at radius 2 is 1.71 bits per heavy atom. The van der Waals surface area contributed by atoms with Gasteiger partial charge in [-0.25, -0.2) is 0 Å². The third-order valence-electron chi connectivity index (χ3n) is 4.39. The highest BCUT2D eigenvalue weighted by atomic mass is 79.9. The van der Waals surface area contributed by atoms with Crippen molar-refractivity contribution in [1.29, 1.82) is 0 Å². The normalized spacial score (nSPS) is 17.4. The molecule has 1 saturated heterocycles. The molecule has 0 bridgehead atoms. The first-order valence-electron chi connectivity index (χ1n) is 8.50. The predicted molar refractivity (Wildman–Crippen MR) is 118 cm³/mol. The molecule has 1 heterocycles. The van der Waals surface area contributed by atoms with Crippen LogP contribution in [0.4, 0.5) is 11.4 Å². The van der Waals surface area contributed by atoms with Gasteiger partial charge in [-0.15, -0.1) is 0 Å². The van der Waals surface area contributed by atoms with Gasteiger partial charge in [0.15, 0.2) is 11.0 Å². The van der Waals surface area contributed by atoms with Crippen LogP contribution in [0.1, 0.15) is 0 Å². The standard InChI is InChI=1S/C21H14BrN3O2S/c22-15-6-9-17(10-7-15)25-20(27)18(19(26)24-21(25)28)12-23-16-8-5-13-3-1-2-4-14(13)11-16/h1-12,18H,(H,24,26,28)/t18-/m0/s1. The molecule has 1 N–H and O–H groups in total. The van der Waals surface area contributed by atoms with Crippen LogP contribution < -0.4 is 10.2 Å². The van der Waals surface area contributed by atoms with Crippen molar-refractivity contribution in [3.8, 4) is 0 Å². The van der Waals surface area contributed by atoms with Crippen LogP contribution in [0.15, 0.2) is 76.2 Å². The van der Waals surface area contributed by atoms with E-state index in [1.165, 1.54) is 11.1 Å². The van der Waals surface area contributed by atoms with E-state index in [4.69, 9.17) is 12.2 Å². The van der Waals surface area contributed by atoms with Gasteiger partial charge in [0.2, 0.25) is 5.91 Å². The smallest absolute Gasteiger partial charge is 0.251 e. The maximum atomic E-state index is 12.9. The number of thiocarbonyl (C=S) groups is 1. The van der Waals surface area contributed by atoms with E-state index < -0.39 is 17.7 Å². The first kappa shape index (κ1) is 18.5. The molecule has 1 atom stereocenters. The zero-order valence-corrected chi connectivity index (χ0v) is 16.9. The van der Waals surface area contributed by atoms with Crippen LogP contribution in [-0.4, -0.2) is 23.1 Å². The largest absolute Gasteiger partial charge is 0.301 e. The van der Waals surface area contributed by atoms with Gasteiger partial charge in [0.1, 0.15) is 0 Å². The Bertz CT molecular complexity index is 1130. The molecule has 4 rings (SSSR count). The summed E-state index contributed by atoms with van der Waals surface area (Å²) >= 11 is 8.56. The highest BCUT2D eigenvalue weighted by molar-refractivity contribution is 9.10. The number of fused-ring (bicyclic) bond motifs is 1. The van der Waals surface area contributed by atoms with Crippen LogP contribution in [0.3, 0.4) is 0 Å². The fraction of sp³-hybridized carbons (Fsp3) is 0.0476. The third-order valence-corrected chi connectivity index (χ3v) is 5.21. The quantitative estimate of drug-likeness (QED) is 0.365. The van der Waals surface area contributed by atoms with Crippen LogP contribution in [0.25, 0.3) is 10.8 Å². The van der Waals surface area contributed by atoms with Crippen molar-refractivity contribution in [3.05, 3.63) is 71.2 Å². The minimum Gasteiger partial charge on any atom is -0.301 e. The summed E-state index contributed by atoms with van der Waals surface area (Å²) in [6.45, 7) is 0. The molecule has 1 aliphatic rings. The summed E-state index contributed by atoms with van der Waals surface area (Å²) < 4.78 is 0.880. The number of carbonyl (C=O) groups excluding carboxylic acids is 2. The van der Waals surface area contributed by atoms with E-state index in [1.54, 1.807) is 24.3 Å². The molecule has 0 spiro atoms. The summed E-state index contributed by atoms with van der Waals surface area (Å²) in [7, 11) is 0. The average Bonchev–Trinajstić information content (AvgIpc) is 2.69. The van der Waals surface area contributed by atoms with Gasteiger partial charge in [0.05, 0.1) is 11.4 Å². The summed E-state index contributed by atoms with van der Waals surface area (Å²) in [4.78, 5) is 31.0. The summed E-state index contributed by atoms with van der Waals surface area (Å²) in [6.07, 6.45) is 1.37. The van der Waals surface area contributed by atoms with E-state index in [2.05, 4.69) is 26.2 Å². The number of anilines is 1. The van der Waals surface area contributed by atoms with Crippen molar-refractivity contribution >= 4 is 73.4 Å². The second kappa shape index (κ2) is 7.61. The van der Waals surface area contributed by atoms with Crippen molar-refractivity contribution in [2.45, 2.75) is 0 Å². The van der Waals surface area contributed by atoms with Crippen molar-refractivity contribution in [2.24, 2.45) is 10.9 Å². The van der Waals surface area contributed by atoms with Gasteiger partial charge in [-0.1, -0.05) is 46.3 Å². The number of carbonyl (C=O) groups is 2. The number of nitrogens with zero attached hydrogens (tertiary/aromatic N) is 2. The van der Waals surface area contributed by atoms with Crippen molar-refractivity contribution in [2.75, 3.05) is 4.90 Å². The SMILES string of the molecule is O=C1NC(=S)N(c2ccc(Br)cc2)C(=O)[C@H]1C=Nc1ccc2ccccc2c1. The lowest BCUT2D eigenvalue weighted by atomic mass is 10.1. The number of hydrogen-bond acceptors (Lipinski definition) is 4. The molecule has 3 aromatic rings. The van der Waals surface area contributed by atoms with E-state index in [9.17, 15) is 9.59 Å². The van der Waals surface area contributed by atoms with E-state index in [-0.39, 0.29) is 5.11 Å². The van der Waals surface area contributed by atoms with Crippen LogP contribution in [0.5, 0.6) is 0 Å². The molecular weight excluding hydrogens is 438 g/mol. The lowest BCUT2D eigenvalue weighted by molar-refractivity contribution is -0.130. The number of aliphatic imine (C=N–C) groups is 1. The lowest BCUT2D eigenvalue weighted by Crippen LogP contribution is -2.58. The summed E-state index contributed by atoms with van der Waals surface area (Å²) in [5.74, 6) is -1.96. The molecular formula is C21H14BrN3O2S. The maximum absolute atomic E-state index is 12.9. The predicted octanol–water partition coefficient (Wildman–Crippen LogP) is 4.37. The molecule has 0 radical (unpaired) electrons. The molecule has 0 saturated carbocycles. The van der Waals surface area contributed by atoms with Crippen molar-refractivity contribution in [1.82, 2.24) is 5.32 Å². The first-order valence-corrected chi connectivity index (χ1v) is 9.70. The van der Waals surface area contributed by atoms with E-state index in [1.807, 2.05) is 42.5 Å². The molecule has 0 aliphatic carbocycles. The van der Waals surface area contributed by atoms with Crippen LogP contribution in [-0.2, 0) is 9.59 Å². The Balaban J connectivity index is 1.62. The fourth-order valence-corrected chi connectivity index (χ4v) is 3.53. The molecule has 1 fully saturated rings. The second-order valence-corrected chi connectivity index (χ2v) is 7.53. The maximum Gasteiger partial charge on any atom is 0.251 e. The molecule has 5 nitrogen and oxygen atoms in total. The monoisotopic (exact) mass is 451 g/mol. The van der Waals surface area contributed by atoms with Crippen molar-refractivity contribution in [3.63, 3.8) is 0 Å². The lowest BCUT2D eigenvalue weighted by Gasteiger charge is -2.30. The number of hydrogen-bond donors (Lipinski definition) is 1. The average molecular weight is 452 g/mol. The van der Waals surface area contributed by atoms with Crippen LogP contribution in [0, 0.1) is 5.92 Å². The molecule has 3 aromatic carbocycles. The van der Waals surface area contributed by atoms with E-state index >= 15 is 0 Å². The van der Waals surface area contributed by atoms with Gasteiger partial charge >= 0.3 is 0 Å². The molecule has 2 amide bonds. The van der Waals surface area contributed by atoms with Crippen molar-refractivity contribution < 1.29 is 9.59 Å². The van der Waals surface area contributed by atoms with Gasteiger partial charge < -0.3 is 5.32 Å². The van der Waals surface area contributed by atoms with Crippen LogP contribution in [0.2, 0.25) is 0 Å². The minimum atomic E-state index is -1.05. The number of rotatable bonds is 3. The van der Waals surface area contributed by atoms with E-state index in [0.29, 0.717) is 11.4 Å². The van der Waals surface area contributed by atoms with E-state index in [0.717, 1.165) is 15.2 Å². The van der Waals surface area contributed by atoms with Gasteiger partial charge in [-0.05, 0) is 59.4 Å². The van der Waals surface area contributed by atoms with Gasteiger partial charge in [-0.2, -0.15) is 0 Å². The molecule has 0 aromatic heterocycles. The van der Waals surface area contributed by atoms with Crippen LogP contribution >= 0.6 is 28.1 Å². The summed E-state index contributed by atoms with van der Waals surface area (Å²) in [6, 6.07) is 20.7. The molecule has 7 heteroatoms. The molecule has 28 heavy (non-hydrogen) atoms. The zero-order chi connectivity index (χ0) is 19.7. The highest BCUT2D eigenvalue weighted by Crippen LogP contribution is 2.24. The Morgan fingerprint density at radius 3 is 2.46 bits per heavy atom. The number of halogens is 1. The Hall–Kier alpha value is -2.90. The molecule has 0 unspecified atom stereocenters. The Kier molecular flexibility index (Phi) is 5.02. The van der Waals surface area contributed by atoms with Gasteiger partial charge in [0, 0.05) is 10.7 Å². The summed E-state index contributed by atoms with van der Waals surface area (Å²) in [5, 5.41) is 4.78. The topological polar surface area (TPSA) is 61.8 Å². The molecule has 1 aliphatic heterocycles. The van der Waals surface area contributed by atoms with Gasteiger partial charge in [0.25, 0.3) is 5.91 Å². The second-order valence-electron chi connectivity index (χ2n) is 6.23. The highest BCUT2D eigenvalue weighted by Gasteiger charge is 2.38.